The number of rotatable bonds is 4. The van der Waals surface area contributed by atoms with Crippen molar-refractivity contribution in [2.24, 2.45) is 5.92 Å². The number of aliphatic hydroxyl groups excluding tert-OH is 1. The maximum atomic E-state index is 12.0. The lowest BCUT2D eigenvalue weighted by Crippen LogP contribution is -2.26. The van der Waals surface area contributed by atoms with Crippen LogP contribution in [0.4, 0.5) is 0 Å². The van der Waals surface area contributed by atoms with Crippen LogP contribution in [-0.4, -0.2) is 35.6 Å². The fourth-order valence-electron chi connectivity index (χ4n) is 2.40. The van der Waals surface area contributed by atoms with Gasteiger partial charge in [0.1, 0.15) is 0 Å². The van der Waals surface area contributed by atoms with Crippen LogP contribution in [-0.2, 0) is 4.79 Å². The zero-order valence-electron chi connectivity index (χ0n) is 11.1. The second kappa shape index (κ2) is 7.11. The van der Waals surface area contributed by atoms with E-state index in [2.05, 4.69) is 0 Å². The summed E-state index contributed by atoms with van der Waals surface area (Å²) in [5, 5.41) is 10.0. The second-order valence-corrected chi connectivity index (χ2v) is 5.86. The molecule has 108 valence electrons. The molecule has 2 rings (SSSR count). The molecule has 0 aliphatic carbocycles. The number of likely N-dealkylation sites (tertiary alicyclic amines) is 1. The van der Waals surface area contributed by atoms with Crippen LogP contribution in [0.3, 0.4) is 0 Å². The molecule has 0 aromatic heterocycles. The summed E-state index contributed by atoms with van der Waals surface area (Å²) in [6, 6.07) is 5.17. The van der Waals surface area contributed by atoms with Crippen LogP contribution in [0.2, 0.25) is 10.0 Å². The lowest BCUT2D eigenvalue weighted by molar-refractivity contribution is -0.125. The van der Waals surface area contributed by atoms with Crippen LogP contribution in [0.1, 0.15) is 18.4 Å². The van der Waals surface area contributed by atoms with Crippen LogP contribution in [0, 0.1) is 5.92 Å². The van der Waals surface area contributed by atoms with Crippen LogP contribution < -0.4 is 0 Å². The average Bonchev–Trinajstić information content (AvgIpc) is 2.84. The number of hydrogen-bond donors (Lipinski definition) is 1. The molecule has 1 aromatic rings. The summed E-state index contributed by atoms with van der Waals surface area (Å²) in [5.41, 5.74) is 0.807. The van der Waals surface area contributed by atoms with Crippen LogP contribution >= 0.6 is 23.2 Å². The predicted molar refractivity (Wildman–Crippen MR) is 81.9 cm³/mol. The third-order valence-corrected chi connectivity index (χ3v) is 3.87. The molecule has 0 bridgehead atoms. The summed E-state index contributed by atoms with van der Waals surface area (Å²) >= 11 is 11.8. The van der Waals surface area contributed by atoms with Crippen molar-refractivity contribution < 1.29 is 9.90 Å². The van der Waals surface area contributed by atoms with Gasteiger partial charge in [0.15, 0.2) is 0 Å². The van der Waals surface area contributed by atoms with Gasteiger partial charge >= 0.3 is 0 Å². The summed E-state index contributed by atoms with van der Waals surface area (Å²) in [7, 11) is 0. The van der Waals surface area contributed by atoms with E-state index in [9.17, 15) is 4.79 Å². The maximum absolute atomic E-state index is 12.0. The van der Waals surface area contributed by atoms with Crippen molar-refractivity contribution in [1.29, 1.82) is 0 Å². The third-order valence-electron chi connectivity index (χ3n) is 3.44. The van der Waals surface area contributed by atoms with Gasteiger partial charge in [0.25, 0.3) is 0 Å². The Morgan fingerprint density at radius 1 is 1.35 bits per heavy atom. The minimum absolute atomic E-state index is 0.0125. The molecule has 1 heterocycles. The molecule has 1 aliphatic heterocycles. The lowest BCUT2D eigenvalue weighted by atomic mass is 10.1. The number of carbonyl (C=O) groups is 1. The molecule has 0 radical (unpaired) electrons. The van der Waals surface area contributed by atoms with E-state index in [1.165, 1.54) is 0 Å². The number of benzene rings is 1. The standard InChI is InChI=1S/C15H17Cl2NO2/c16-13-7-12(8-14(17)9-13)1-2-15(20)18-5-3-11(10-18)4-6-19/h1-2,7-9,11,19H,3-6,10H2/b2-1+. The smallest absolute Gasteiger partial charge is 0.246 e. The van der Waals surface area contributed by atoms with Gasteiger partial charge in [-0.2, -0.15) is 0 Å². The molecular weight excluding hydrogens is 297 g/mol. The Hall–Kier alpha value is -1.03. The summed E-state index contributed by atoms with van der Waals surface area (Å²) < 4.78 is 0. The molecule has 20 heavy (non-hydrogen) atoms. The van der Waals surface area contributed by atoms with E-state index in [1.54, 1.807) is 30.4 Å². The molecule has 1 unspecified atom stereocenters. The number of aliphatic hydroxyl groups is 1. The van der Waals surface area contributed by atoms with Crippen LogP contribution in [0.5, 0.6) is 0 Å². The Kier molecular flexibility index (Phi) is 5.46. The highest BCUT2D eigenvalue weighted by molar-refractivity contribution is 6.34. The second-order valence-electron chi connectivity index (χ2n) is 4.99. The minimum atomic E-state index is -0.0125. The molecule has 3 nitrogen and oxygen atoms in total. The highest BCUT2D eigenvalue weighted by atomic mass is 35.5. The van der Waals surface area contributed by atoms with E-state index >= 15 is 0 Å². The maximum Gasteiger partial charge on any atom is 0.246 e. The Morgan fingerprint density at radius 3 is 2.70 bits per heavy atom. The molecule has 1 atom stereocenters. The number of carbonyl (C=O) groups excluding carboxylic acids is 1. The summed E-state index contributed by atoms with van der Waals surface area (Å²) in [5.74, 6) is 0.402. The van der Waals surface area contributed by atoms with Crippen molar-refractivity contribution in [3.05, 3.63) is 39.9 Å². The summed E-state index contributed by atoms with van der Waals surface area (Å²) in [6.07, 6.45) is 4.99. The first-order valence-electron chi connectivity index (χ1n) is 6.62. The molecular formula is C15H17Cl2NO2. The van der Waals surface area contributed by atoms with Crippen LogP contribution in [0.25, 0.3) is 6.08 Å². The van der Waals surface area contributed by atoms with Gasteiger partial charge in [0.05, 0.1) is 0 Å². The third kappa shape index (κ3) is 4.23. The fourth-order valence-corrected chi connectivity index (χ4v) is 2.94. The quantitative estimate of drug-likeness (QED) is 0.867. The molecule has 1 saturated heterocycles. The lowest BCUT2D eigenvalue weighted by Gasteiger charge is -2.13. The monoisotopic (exact) mass is 313 g/mol. The summed E-state index contributed by atoms with van der Waals surface area (Å²) in [4.78, 5) is 13.9. The van der Waals surface area contributed by atoms with Gasteiger partial charge in [0, 0.05) is 35.8 Å². The molecule has 5 heteroatoms. The highest BCUT2D eigenvalue weighted by Gasteiger charge is 2.24. The van der Waals surface area contributed by atoms with Gasteiger partial charge in [0.2, 0.25) is 5.91 Å². The van der Waals surface area contributed by atoms with Crippen molar-refractivity contribution >= 4 is 35.2 Å². The normalized spacial score (nSPS) is 18.9. The SMILES string of the molecule is O=C(/C=C/c1cc(Cl)cc(Cl)c1)N1CCC(CCO)C1. The van der Waals surface area contributed by atoms with E-state index in [1.807, 2.05) is 4.90 Å². The minimum Gasteiger partial charge on any atom is -0.396 e. The summed E-state index contributed by atoms with van der Waals surface area (Å²) in [6.45, 7) is 1.66. The Balaban J connectivity index is 1.96. The van der Waals surface area contributed by atoms with Crippen LogP contribution in [0.15, 0.2) is 24.3 Å². The fraction of sp³-hybridized carbons (Fsp3) is 0.400. The Bertz CT molecular complexity index is 496. The van der Waals surface area contributed by atoms with E-state index < -0.39 is 0 Å². The van der Waals surface area contributed by atoms with Gasteiger partial charge in [-0.15, -0.1) is 0 Å². The number of nitrogens with zero attached hydrogens (tertiary/aromatic N) is 1. The largest absolute Gasteiger partial charge is 0.396 e. The number of hydrogen-bond acceptors (Lipinski definition) is 2. The first-order chi connectivity index (χ1) is 9.58. The van der Waals surface area contributed by atoms with E-state index in [4.69, 9.17) is 28.3 Å². The van der Waals surface area contributed by atoms with Gasteiger partial charge in [-0.05, 0) is 48.6 Å². The first kappa shape index (κ1) is 15.4. The van der Waals surface area contributed by atoms with Gasteiger partial charge in [-0.25, -0.2) is 0 Å². The molecule has 1 N–H and O–H groups in total. The first-order valence-corrected chi connectivity index (χ1v) is 7.38. The molecule has 1 fully saturated rings. The van der Waals surface area contributed by atoms with Crippen molar-refractivity contribution in [3.63, 3.8) is 0 Å². The van der Waals surface area contributed by atoms with Gasteiger partial charge in [-0.3, -0.25) is 4.79 Å². The van der Waals surface area contributed by atoms with E-state index in [0.717, 1.165) is 31.5 Å². The number of amides is 1. The van der Waals surface area contributed by atoms with Crippen molar-refractivity contribution in [1.82, 2.24) is 4.90 Å². The highest BCUT2D eigenvalue weighted by Crippen LogP contribution is 2.21. The number of halogens is 2. The molecule has 1 aromatic carbocycles. The molecule has 0 spiro atoms. The van der Waals surface area contributed by atoms with Gasteiger partial charge in [-0.1, -0.05) is 23.2 Å². The van der Waals surface area contributed by atoms with E-state index in [0.29, 0.717) is 16.0 Å². The molecule has 1 amide bonds. The van der Waals surface area contributed by atoms with Crippen molar-refractivity contribution in [2.45, 2.75) is 12.8 Å². The van der Waals surface area contributed by atoms with Gasteiger partial charge < -0.3 is 10.0 Å². The van der Waals surface area contributed by atoms with E-state index in [-0.39, 0.29) is 12.5 Å². The Labute approximate surface area is 128 Å². The predicted octanol–water partition coefficient (Wildman–Crippen LogP) is 3.24. The zero-order chi connectivity index (χ0) is 14.5. The molecule has 0 saturated carbocycles. The van der Waals surface area contributed by atoms with Crippen molar-refractivity contribution in [2.75, 3.05) is 19.7 Å². The molecule has 1 aliphatic rings. The van der Waals surface area contributed by atoms with Crippen molar-refractivity contribution in [3.8, 4) is 0 Å². The Morgan fingerprint density at radius 2 is 2.05 bits per heavy atom. The average molecular weight is 314 g/mol. The zero-order valence-corrected chi connectivity index (χ0v) is 12.6. The topological polar surface area (TPSA) is 40.5 Å².